The van der Waals surface area contributed by atoms with Crippen LogP contribution in [0.5, 0.6) is 0 Å². The number of carbonyl (C=O) groups is 1. The van der Waals surface area contributed by atoms with Gasteiger partial charge in [0.15, 0.2) is 0 Å². The summed E-state index contributed by atoms with van der Waals surface area (Å²) in [5.41, 5.74) is 0.383. The minimum Gasteiger partial charge on any atom is -0.268 e. The molecule has 0 spiro atoms. The summed E-state index contributed by atoms with van der Waals surface area (Å²) in [5, 5.41) is 9.84. The highest BCUT2D eigenvalue weighted by atomic mass is 17.0. The molecule has 4 saturated carbocycles. The third-order valence-corrected chi connectivity index (χ3v) is 8.99. The van der Waals surface area contributed by atoms with Gasteiger partial charge in [0.05, 0.1) is 5.92 Å². The predicted molar refractivity (Wildman–Crippen MR) is 92.9 cm³/mol. The van der Waals surface area contributed by atoms with Crippen molar-refractivity contribution in [3.63, 3.8) is 0 Å². The van der Waals surface area contributed by atoms with Gasteiger partial charge in [-0.05, 0) is 85.9 Å². The smallest absolute Gasteiger partial charge is 0.268 e. The van der Waals surface area contributed by atoms with Crippen LogP contribution in [0.25, 0.3) is 0 Å². The normalized spacial score (nSPS) is 48.8. The summed E-state index contributed by atoms with van der Waals surface area (Å²) in [6.07, 6.45) is 11.9. The molecule has 0 amide bonds. The Hall–Kier alpha value is -1.13. The molecule has 5 nitrogen and oxygen atoms in total. The van der Waals surface area contributed by atoms with Crippen LogP contribution in [0.3, 0.4) is 0 Å². The van der Waals surface area contributed by atoms with Gasteiger partial charge in [-0.1, -0.05) is 26.7 Å². The molecule has 0 bridgehead atoms. The molecule has 4 rings (SSSR count). The second kappa shape index (κ2) is 5.95. The van der Waals surface area contributed by atoms with Gasteiger partial charge in [-0.2, -0.15) is 0 Å². The second-order valence-electron chi connectivity index (χ2n) is 9.72. The van der Waals surface area contributed by atoms with E-state index in [0.717, 1.165) is 18.8 Å². The summed E-state index contributed by atoms with van der Waals surface area (Å²) >= 11 is 0. The molecule has 2 unspecified atom stereocenters. The summed E-state index contributed by atoms with van der Waals surface area (Å²) in [4.78, 5) is 27.8. The van der Waals surface area contributed by atoms with Crippen LogP contribution in [0.15, 0.2) is 0 Å². The highest BCUT2D eigenvalue weighted by Gasteiger charge is 2.61. The van der Waals surface area contributed by atoms with E-state index in [1.54, 1.807) is 0 Å². The average Bonchev–Trinajstić information content (AvgIpc) is 2.94. The van der Waals surface area contributed by atoms with Crippen molar-refractivity contribution in [2.45, 2.75) is 78.1 Å². The van der Waals surface area contributed by atoms with E-state index in [0.29, 0.717) is 23.2 Å². The lowest BCUT2D eigenvalue weighted by atomic mass is 9.43. The van der Waals surface area contributed by atoms with Crippen LogP contribution < -0.4 is 0 Å². The molecule has 140 valence electrons. The van der Waals surface area contributed by atoms with Crippen molar-refractivity contribution in [2.75, 3.05) is 0 Å². The first-order chi connectivity index (χ1) is 11.9. The number of hydrogen-bond donors (Lipinski definition) is 0. The fourth-order valence-electron chi connectivity index (χ4n) is 7.85. The maximum Gasteiger partial charge on any atom is 0.307 e. The molecule has 0 aliphatic heterocycles. The molecule has 4 aliphatic rings. The van der Waals surface area contributed by atoms with Crippen LogP contribution in [-0.2, 0) is 9.63 Å². The summed E-state index contributed by atoms with van der Waals surface area (Å²) in [7, 11) is 0. The molecule has 0 heterocycles. The molecule has 0 radical (unpaired) electrons. The first-order valence-corrected chi connectivity index (χ1v) is 10.2. The molecular weight excluding hydrogens is 318 g/mol. The quantitative estimate of drug-likeness (QED) is 0.532. The molecule has 4 aliphatic carbocycles. The predicted octanol–water partition coefficient (Wildman–Crippen LogP) is 4.77. The van der Waals surface area contributed by atoms with Gasteiger partial charge in [0.2, 0.25) is 0 Å². The third-order valence-electron chi connectivity index (χ3n) is 8.99. The molecule has 0 N–H and O–H groups in total. The van der Waals surface area contributed by atoms with E-state index in [2.05, 4.69) is 18.7 Å². The van der Waals surface area contributed by atoms with Gasteiger partial charge in [-0.3, -0.25) is 4.79 Å². The summed E-state index contributed by atoms with van der Waals surface area (Å²) in [5.74, 6) is 1.67. The number of hydrogen-bond acceptors (Lipinski definition) is 4. The van der Waals surface area contributed by atoms with Gasteiger partial charge in [-0.25, -0.2) is 4.84 Å². The Labute approximate surface area is 150 Å². The highest BCUT2D eigenvalue weighted by molar-refractivity contribution is 5.73. The molecular formula is C20H31NO4. The van der Waals surface area contributed by atoms with Gasteiger partial charge in [-0.15, -0.1) is 10.1 Å². The van der Waals surface area contributed by atoms with Gasteiger partial charge in [0.1, 0.15) is 0 Å². The molecule has 0 saturated heterocycles. The van der Waals surface area contributed by atoms with E-state index in [1.165, 1.54) is 51.4 Å². The van der Waals surface area contributed by atoms with Crippen molar-refractivity contribution in [1.29, 1.82) is 0 Å². The first kappa shape index (κ1) is 17.3. The van der Waals surface area contributed by atoms with Crippen molar-refractivity contribution in [3.05, 3.63) is 10.1 Å². The van der Waals surface area contributed by atoms with E-state index >= 15 is 0 Å². The first-order valence-electron chi connectivity index (χ1n) is 10.2. The molecule has 0 aromatic carbocycles. The van der Waals surface area contributed by atoms with E-state index in [4.69, 9.17) is 0 Å². The van der Waals surface area contributed by atoms with Crippen molar-refractivity contribution in [3.8, 4) is 0 Å². The molecule has 25 heavy (non-hydrogen) atoms. The number of nitrogens with zero attached hydrogens (tertiary/aromatic N) is 1. The Balaban J connectivity index is 1.66. The van der Waals surface area contributed by atoms with E-state index < -0.39 is 11.1 Å². The van der Waals surface area contributed by atoms with Crippen molar-refractivity contribution < 1.29 is 14.7 Å². The number of rotatable bonds is 2. The molecule has 5 heteroatoms. The molecule has 7 atom stereocenters. The van der Waals surface area contributed by atoms with Crippen LogP contribution in [0, 0.1) is 50.5 Å². The van der Waals surface area contributed by atoms with E-state index in [-0.39, 0.29) is 11.3 Å². The van der Waals surface area contributed by atoms with Crippen LogP contribution in [-0.4, -0.2) is 11.1 Å². The topological polar surface area (TPSA) is 69.4 Å². The largest absolute Gasteiger partial charge is 0.307 e. The van der Waals surface area contributed by atoms with E-state index in [1.807, 2.05) is 0 Å². The lowest BCUT2D eigenvalue weighted by Crippen LogP contribution is -2.57. The van der Waals surface area contributed by atoms with Crippen molar-refractivity contribution in [2.24, 2.45) is 40.4 Å². The highest BCUT2D eigenvalue weighted by Crippen LogP contribution is 2.67. The van der Waals surface area contributed by atoms with E-state index in [9.17, 15) is 14.9 Å². The molecule has 0 aromatic heterocycles. The standard InChI is InChI=1S/C20H31NO4/c1-19-11-4-7-15(19)14-9-8-13-5-3-6-17(18(22)25-21(23)24)20(13,2)16(14)10-12-19/h13-17H,3-12H2,1-2H3/t13?,14-,15-,16+,17?,19-,20-/m0/s1. The van der Waals surface area contributed by atoms with Crippen molar-refractivity contribution in [1.82, 2.24) is 0 Å². The Kier molecular flexibility index (Phi) is 4.12. The lowest BCUT2D eigenvalue weighted by Gasteiger charge is -2.61. The average molecular weight is 349 g/mol. The van der Waals surface area contributed by atoms with Gasteiger partial charge in [0, 0.05) is 0 Å². The van der Waals surface area contributed by atoms with Crippen LogP contribution in [0.4, 0.5) is 0 Å². The number of carbonyl (C=O) groups excluding carboxylic acids is 1. The Bertz CT molecular complexity index is 578. The minimum atomic E-state index is -0.912. The molecule has 0 aromatic rings. The van der Waals surface area contributed by atoms with Crippen LogP contribution in [0.2, 0.25) is 0 Å². The number of fused-ring (bicyclic) bond motifs is 5. The maximum atomic E-state index is 12.6. The monoisotopic (exact) mass is 349 g/mol. The SMILES string of the molecule is C[C@@]12CCC[C@H]1[C@@H]1CCC3CCCC(C(=O)O[N+](=O)[O-])[C@]3(C)[C@@H]1CC2. The van der Waals surface area contributed by atoms with Crippen LogP contribution in [0.1, 0.15) is 78.1 Å². The summed E-state index contributed by atoms with van der Waals surface area (Å²) in [6.45, 7) is 4.76. The Morgan fingerprint density at radius 1 is 1.00 bits per heavy atom. The lowest BCUT2D eigenvalue weighted by molar-refractivity contribution is -0.730. The van der Waals surface area contributed by atoms with Gasteiger partial charge >= 0.3 is 11.1 Å². The Morgan fingerprint density at radius 2 is 1.80 bits per heavy atom. The fraction of sp³-hybridized carbons (Fsp3) is 0.950. The fourth-order valence-corrected chi connectivity index (χ4v) is 7.85. The molecule has 4 fully saturated rings. The zero-order chi connectivity index (χ0) is 17.8. The summed E-state index contributed by atoms with van der Waals surface area (Å²) < 4.78 is 0. The Morgan fingerprint density at radius 3 is 2.56 bits per heavy atom. The zero-order valence-corrected chi connectivity index (χ0v) is 15.5. The zero-order valence-electron chi connectivity index (χ0n) is 15.5. The summed E-state index contributed by atoms with van der Waals surface area (Å²) in [6, 6.07) is 0. The van der Waals surface area contributed by atoms with Crippen LogP contribution >= 0.6 is 0 Å². The minimum absolute atomic E-state index is 0.113. The van der Waals surface area contributed by atoms with Gasteiger partial charge in [0.25, 0.3) is 0 Å². The maximum absolute atomic E-state index is 12.6. The second-order valence-corrected chi connectivity index (χ2v) is 9.72. The van der Waals surface area contributed by atoms with Crippen molar-refractivity contribution >= 4 is 5.97 Å². The third kappa shape index (κ3) is 2.52. The van der Waals surface area contributed by atoms with Gasteiger partial charge < -0.3 is 0 Å².